The molecule has 0 aliphatic carbocycles. The molecule has 3 atom stereocenters. The number of morpholine rings is 1. The van der Waals surface area contributed by atoms with E-state index < -0.39 is 24.5 Å². The third-order valence-electron chi connectivity index (χ3n) is 3.57. The number of carbonyl (C=O) groups excluding carboxylic acids is 1. The van der Waals surface area contributed by atoms with Gasteiger partial charge in [-0.2, -0.15) is 0 Å². The highest BCUT2D eigenvalue weighted by Gasteiger charge is 2.51. The molecule has 7 heteroatoms. The molecule has 0 saturated carbocycles. The average molecular weight is 293 g/mol. The van der Waals surface area contributed by atoms with E-state index in [-0.39, 0.29) is 12.5 Å². The van der Waals surface area contributed by atoms with E-state index >= 15 is 0 Å². The summed E-state index contributed by atoms with van der Waals surface area (Å²) in [6.45, 7) is 0.611. The number of fused-ring (bicyclic) bond motifs is 2. The van der Waals surface area contributed by atoms with Gasteiger partial charge >= 0.3 is 5.97 Å². The van der Waals surface area contributed by atoms with E-state index in [4.69, 9.17) is 19.3 Å². The van der Waals surface area contributed by atoms with Crippen LogP contribution in [0, 0.1) is 0 Å². The minimum Gasteiger partial charge on any atom is -0.497 e. The number of hydrogen-bond acceptors (Lipinski definition) is 5. The third kappa shape index (κ3) is 2.57. The second-order valence-corrected chi connectivity index (χ2v) is 4.95. The summed E-state index contributed by atoms with van der Waals surface area (Å²) in [7, 11) is 1.58. The Hall–Kier alpha value is -2.12. The summed E-state index contributed by atoms with van der Waals surface area (Å²) in [5.41, 5.74) is 0.928. The quantitative estimate of drug-likeness (QED) is 0.855. The fourth-order valence-corrected chi connectivity index (χ4v) is 2.51. The van der Waals surface area contributed by atoms with Gasteiger partial charge in [-0.3, -0.25) is 4.79 Å². The van der Waals surface area contributed by atoms with Gasteiger partial charge in [0.25, 0.3) is 5.91 Å². The zero-order valence-corrected chi connectivity index (χ0v) is 11.4. The van der Waals surface area contributed by atoms with Crippen LogP contribution in [-0.4, -0.2) is 54.0 Å². The first kappa shape index (κ1) is 13.8. The summed E-state index contributed by atoms with van der Waals surface area (Å²) in [6, 6.07) is 7.34. The van der Waals surface area contributed by atoms with Gasteiger partial charge in [0.2, 0.25) is 0 Å². The summed E-state index contributed by atoms with van der Waals surface area (Å²) in [4.78, 5) is 24.9. The van der Waals surface area contributed by atoms with Gasteiger partial charge in [0, 0.05) is 6.54 Å². The number of aliphatic carboxylic acids is 1. The number of methoxy groups -OCH3 is 1. The van der Waals surface area contributed by atoms with E-state index in [1.165, 1.54) is 0 Å². The van der Waals surface area contributed by atoms with Crippen LogP contribution in [0.4, 0.5) is 0 Å². The van der Waals surface area contributed by atoms with Gasteiger partial charge in [-0.25, -0.2) is 4.79 Å². The smallest absolute Gasteiger partial charge is 0.336 e. The SMILES string of the molecule is COc1ccc(CN2C[C@H]3O[C@H](C(=O)O)[C@H](O3)C2=O)cc1. The van der Waals surface area contributed by atoms with Crippen molar-refractivity contribution in [2.75, 3.05) is 13.7 Å². The maximum atomic E-state index is 12.3. The number of carboxylic acids is 1. The highest BCUT2D eigenvalue weighted by Crippen LogP contribution is 2.28. The van der Waals surface area contributed by atoms with Crippen LogP contribution in [0.3, 0.4) is 0 Å². The van der Waals surface area contributed by atoms with Crippen LogP contribution in [0.5, 0.6) is 5.75 Å². The lowest BCUT2D eigenvalue weighted by atomic mass is 10.1. The maximum absolute atomic E-state index is 12.3. The summed E-state index contributed by atoms with van der Waals surface area (Å²) < 4.78 is 15.6. The third-order valence-corrected chi connectivity index (χ3v) is 3.57. The number of rotatable bonds is 4. The average Bonchev–Trinajstić information content (AvgIpc) is 2.85. The summed E-state index contributed by atoms with van der Waals surface area (Å²) in [5, 5.41) is 9.02. The minimum absolute atomic E-state index is 0.227. The van der Waals surface area contributed by atoms with Crippen LogP contribution < -0.4 is 4.74 Å². The Labute approximate surface area is 121 Å². The van der Waals surface area contributed by atoms with Crippen molar-refractivity contribution in [3.8, 4) is 5.75 Å². The van der Waals surface area contributed by atoms with Crippen molar-refractivity contribution in [1.29, 1.82) is 0 Å². The lowest BCUT2D eigenvalue weighted by Crippen LogP contribution is -2.49. The fraction of sp³-hybridized carbons (Fsp3) is 0.429. The van der Waals surface area contributed by atoms with E-state index in [0.717, 1.165) is 11.3 Å². The van der Waals surface area contributed by atoms with Crippen molar-refractivity contribution in [2.45, 2.75) is 25.0 Å². The predicted molar refractivity (Wildman–Crippen MR) is 69.6 cm³/mol. The standard InChI is InChI=1S/C14H15NO6/c1-19-9-4-2-8(3-5-9)6-15-7-10-20-11(13(15)16)12(21-10)14(17)18/h2-5,10-12H,6-7H2,1H3,(H,17,18)/t10-,11+,12+/m1/s1. The molecule has 0 unspecified atom stereocenters. The molecule has 1 amide bonds. The van der Waals surface area contributed by atoms with Gasteiger partial charge in [0.1, 0.15) is 5.75 Å². The van der Waals surface area contributed by atoms with Crippen LogP contribution in [0.15, 0.2) is 24.3 Å². The first-order valence-corrected chi connectivity index (χ1v) is 6.54. The van der Waals surface area contributed by atoms with Crippen molar-refractivity contribution in [3.63, 3.8) is 0 Å². The molecular weight excluding hydrogens is 278 g/mol. The molecule has 0 aromatic heterocycles. The van der Waals surface area contributed by atoms with E-state index in [2.05, 4.69) is 0 Å². The number of hydrogen-bond donors (Lipinski definition) is 1. The molecule has 2 aliphatic rings. The van der Waals surface area contributed by atoms with Gasteiger partial charge in [-0.15, -0.1) is 0 Å². The molecule has 112 valence electrons. The van der Waals surface area contributed by atoms with Crippen LogP contribution in [0.25, 0.3) is 0 Å². The van der Waals surface area contributed by atoms with E-state index in [0.29, 0.717) is 6.54 Å². The largest absolute Gasteiger partial charge is 0.497 e. The van der Waals surface area contributed by atoms with Gasteiger partial charge in [0.15, 0.2) is 18.5 Å². The first-order chi connectivity index (χ1) is 10.1. The molecule has 3 rings (SSSR count). The molecule has 2 fully saturated rings. The highest BCUT2D eigenvalue weighted by atomic mass is 16.7. The molecule has 2 bridgehead atoms. The molecule has 0 spiro atoms. The Balaban J connectivity index is 1.72. The van der Waals surface area contributed by atoms with E-state index in [9.17, 15) is 9.59 Å². The molecule has 21 heavy (non-hydrogen) atoms. The Morgan fingerprint density at radius 3 is 2.71 bits per heavy atom. The van der Waals surface area contributed by atoms with Crippen molar-refractivity contribution < 1.29 is 28.9 Å². The second kappa shape index (κ2) is 5.34. The topological polar surface area (TPSA) is 85.3 Å². The summed E-state index contributed by atoms with van der Waals surface area (Å²) >= 11 is 0. The monoisotopic (exact) mass is 293 g/mol. The minimum atomic E-state index is -1.22. The molecule has 1 aromatic carbocycles. The van der Waals surface area contributed by atoms with Crippen LogP contribution in [0.1, 0.15) is 5.56 Å². The normalized spacial score (nSPS) is 27.8. The van der Waals surface area contributed by atoms with Crippen molar-refractivity contribution in [2.24, 2.45) is 0 Å². The number of carboxylic acid groups (broad SMARTS) is 1. The molecule has 2 saturated heterocycles. The van der Waals surface area contributed by atoms with Crippen molar-refractivity contribution in [3.05, 3.63) is 29.8 Å². The maximum Gasteiger partial charge on any atom is 0.336 e. The molecule has 2 aliphatic heterocycles. The molecule has 7 nitrogen and oxygen atoms in total. The number of nitrogens with zero attached hydrogens (tertiary/aromatic N) is 1. The van der Waals surface area contributed by atoms with Crippen LogP contribution in [0.2, 0.25) is 0 Å². The van der Waals surface area contributed by atoms with Crippen LogP contribution >= 0.6 is 0 Å². The number of ether oxygens (including phenoxy) is 3. The van der Waals surface area contributed by atoms with E-state index in [1.54, 1.807) is 12.0 Å². The van der Waals surface area contributed by atoms with Crippen molar-refractivity contribution in [1.82, 2.24) is 4.90 Å². The summed E-state index contributed by atoms with van der Waals surface area (Å²) in [6.07, 6.45) is -2.95. The van der Waals surface area contributed by atoms with Gasteiger partial charge in [0.05, 0.1) is 13.7 Å². The Morgan fingerprint density at radius 1 is 1.38 bits per heavy atom. The number of amides is 1. The molecular formula is C14H15NO6. The Morgan fingerprint density at radius 2 is 2.10 bits per heavy atom. The van der Waals surface area contributed by atoms with Gasteiger partial charge < -0.3 is 24.2 Å². The zero-order valence-electron chi connectivity index (χ0n) is 11.4. The molecule has 1 aromatic rings. The van der Waals surface area contributed by atoms with E-state index in [1.807, 2.05) is 24.3 Å². The van der Waals surface area contributed by atoms with Gasteiger partial charge in [-0.1, -0.05) is 12.1 Å². The summed E-state index contributed by atoms with van der Waals surface area (Å²) in [5.74, 6) is -0.796. The van der Waals surface area contributed by atoms with Crippen LogP contribution in [-0.2, 0) is 25.6 Å². The Kier molecular flexibility index (Phi) is 3.52. The number of benzene rings is 1. The second-order valence-electron chi connectivity index (χ2n) is 4.95. The molecule has 0 radical (unpaired) electrons. The lowest BCUT2D eigenvalue weighted by molar-refractivity contribution is -0.162. The number of carbonyl (C=O) groups is 2. The first-order valence-electron chi connectivity index (χ1n) is 6.54. The predicted octanol–water partition coefficient (Wildman–Crippen LogP) is 0.232. The Bertz CT molecular complexity index is 557. The molecule has 1 N–H and O–H groups in total. The fourth-order valence-electron chi connectivity index (χ4n) is 2.51. The highest BCUT2D eigenvalue weighted by molar-refractivity contribution is 5.89. The lowest BCUT2D eigenvalue weighted by Gasteiger charge is -2.30. The van der Waals surface area contributed by atoms with Crippen molar-refractivity contribution >= 4 is 11.9 Å². The zero-order chi connectivity index (χ0) is 15.0. The van der Waals surface area contributed by atoms with Gasteiger partial charge in [-0.05, 0) is 17.7 Å². The molecule has 2 heterocycles.